The van der Waals surface area contributed by atoms with E-state index in [0.29, 0.717) is 12.0 Å². The number of carbonyl (C=O) groups is 1. The molecule has 1 amide bonds. The molecule has 1 aliphatic rings. The van der Waals surface area contributed by atoms with Crippen LogP contribution >= 0.6 is 0 Å². The number of anilines is 1. The first-order valence-corrected chi connectivity index (χ1v) is 10.9. The van der Waals surface area contributed by atoms with Crippen molar-refractivity contribution in [3.63, 3.8) is 0 Å². The molecule has 0 spiro atoms. The minimum Gasteiger partial charge on any atom is -0.355 e. The summed E-state index contributed by atoms with van der Waals surface area (Å²) in [7, 11) is 1.61. The average molecular weight is 450 g/mol. The molecule has 2 N–H and O–H groups in total. The lowest BCUT2D eigenvalue weighted by molar-refractivity contribution is 0.0964. The van der Waals surface area contributed by atoms with Crippen molar-refractivity contribution < 1.29 is 13.6 Å². The summed E-state index contributed by atoms with van der Waals surface area (Å²) in [5, 5.41) is 3.48. The van der Waals surface area contributed by atoms with Crippen molar-refractivity contribution in [2.75, 3.05) is 44.7 Å². The highest BCUT2D eigenvalue weighted by atomic mass is 19.2. The lowest BCUT2D eigenvalue weighted by Crippen LogP contribution is -2.47. The number of nitrogens with zero attached hydrogens (tertiary/aromatic N) is 4. The SMILES string of the molecule is CNC(=O)c1cccc2[nH]c3c(N4CCN(CCc5ccc(F)c(F)c5)CC4)ncnc3c12. The minimum absolute atomic E-state index is 0.156. The molecule has 1 fully saturated rings. The second-order valence-electron chi connectivity index (χ2n) is 8.18. The first kappa shape index (κ1) is 21.3. The van der Waals surface area contributed by atoms with Crippen molar-refractivity contribution in [1.29, 1.82) is 0 Å². The fourth-order valence-electron chi connectivity index (χ4n) is 4.46. The Balaban J connectivity index is 1.33. The molecule has 1 aliphatic heterocycles. The summed E-state index contributed by atoms with van der Waals surface area (Å²) in [6, 6.07) is 9.66. The summed E-state index contributed by atoms with van der Waals surface area (Å²) in [6.45, 7) is 4.00. The number of halogens is 2. The molecule has 5 rings (SSSR count). The van der Waals surface area contributed by atoms with Crippen molar-refractivity contribution in [3.8, 4) is 0 Å². The van der Waals surface area contributed by atoms with Crippen LogP contribution in [0, 0.1) is 11.6 Å². The molecule has 0 aliphatic carbocycles. The summed E-state index contributed by atoms with van der Waals surface area (Å²) in [6.07, 6.45) is 2.21. The van der Waals surface area contributed by atoms with Gasteiger partial charge in [0.05, 0.1) is 5.56 Å². The highest BCUT2D eigenvalue weighted by Crippen LogP contribution is 2.31. The Morgan fingerprint density at radius 1 is 1.09 bits per heavy atom. The largest absolute Gasteiger partial charge is 0.355 e. The van der Waals surface area contributed by atoms with Crippen molar-refractivity contribution in [3.05, 3.63) is 65.5 Å². The van der Waals surface area contributed by atoms with Gasteiger partial charge in [-0.2, -0.15) is 0 Å². The van der Waals surface area contributed by atoms with Crippen LogP contribution in [-0.2, 0) is 6.42 Å². The van der Waals surface area contributed by atoms with Gasteiger partial charge in [-0.25, -0.2) is 18.7 Å². The zero-order valence-electron chi connectivity index (χ0n) is 18.2. The van der Waals surface area contributed by atoms with Gasteiger partial charge in [-0.05, 0) is 36.2 Å². The topological polar surface area (TPSA) is 77.2 Å². The lowest BCUT2D eigenvalue weighted by atomic mass is 10.1. The molecule has 9 heteroatoms. The molecule has 3 heterocycles. The van der Waals surface area contributed by atoms with Gasteiger partial charge in [0.2, 0.25) is 0 Å². The number of nitrogens with one attached hydrogen (secondary N) is 2. The standard InChI is InChI=1S/C24H24F2N6O/c1-27-24(33)16-3-2-4-19-20(16)21-22(30-19)23(29-14-28-21)32-11-9-31(10-12-32)8-7-15-5-6-17(25)18(26)13-15/h2-6,13-14,30H,7-12H2,1H3,(H,27,33). The Morgan fingerprint density at radius 3 is 2.67 bits per heavy atom. The van der Waals surface area contributed by atoms with Gasteiger partial charge in [-0.3, -0.25) is 9.69 Å². The van der Waals surface area contributed by atoms with Crippen molar-refractivity contribution >= 4 is 33.7 Å². The van der Waals surface area contributed by atoms with E-state index in [4.69, 9.17) is 0 Å². The third-order valence-corrected chi connectivity index (χ3v) is 6.23. The molecule has 1 saturated heterocycles. The van der Waals surface area contributed by atoms with Gasteiger partial charge < -0.3 is 15.2 Å². The second-order valence-corrected chi connectivity index (χ2v) is 8.18. The van der Waals surface area contributed by atoms with E-state index in [1.54, 1.807) is 25.5 Å². The van der Waals surface area contributed by atoms with Gasteiger partial charge in [-0.15, -0.1) is 0 Å². The third-order valence-electron chi connectivity index (χ3n) is 6.23. The summed E-state index contributed by atoms with van der Waals surface area (Å²) >= 11 is 0. The number of aromatic amines is 1. The zero-order valence-corrected chi connectivity index (χ0v) is 18.2. The highest BCUT2D eigenvalue weighted by Gasteiger charge is 2.23. The monoisotopic (exact) mass is 450 g/mol. The molecule has 0 bridgehead atoms. The van der Waals surface area contributed by atoms with Gasteiger partial charge in [-0.1, -0.05) is 12.1 Å². The van der Waals surface area contributed by atoms with Gasteiger partial charge in [0, 0.05) is 50.7 Å². The molecule has 170 valence electrons. The van der Waals surface area contributed by atoms with Crippen molar-refractivity contribution in [2.24, 2.45) is 0 Å². The number of rotatable bonds is 5. The Hall–Kier alpha value is -3.59. The second kappa shape index (κ2) is 8.74. The normalized spacial score (nSPS) is 14.8. The third kappa shape index (κ3) is 4.00. The Morgan fingerprint density at radius 2 is 1.91 bits per heavy atom. The predicted octanol–water partition coefficient (Wildman–Crippen LogP) is 3.11. The van der Waals surface area contributed by atoms with Crippen LogP contribution in [0.15, 0.2) is 42.7 Å². The zero-order chi connectivity index (χ0) is 22.9. The quantitative estimate of drug-likeness (QED) is 0.489. The number of hydrogen-bond donors (Lipinski definition) is 2. The van der Waals surface area contributed by atoms with Crippen LogP contribution in [0.3, 0.4) is 0 Å². The highest BCUT2D eigenvalue weighted by molar-refractivity contribution is 6.17. The van der Waals surface area contributed by atoms with E-state index in [1.807, 2.05) is 12.1 Å². The van der Waals surface area contributed by atoms with Crippen molar-refractivity contribution in [2.45, 2.75) is 6.42 Å². The summed E-state index contributed by atoms with van der Waals surface area (Å²) < 4.78 is 26.6. The van der Waals surface area contributed by atoms with Gasteiger partial charge in [0.1, 0.15) is 17.4 Å². The maximum atomic E-state index is 13.4. The Labute approximate surface area is 189 Å². The predicted molar refractivity (Wildman–Crippen MR) is 123 cm³/mol. The van der Waals surface area contributed by atoms with E-state index in [1.165, 1.54) is 12.1 Å². The number of carbonyl (C=O) groups excluding carboxylic acids is 1. The van der Waals surface area contributed by atoms with Gasteiger partial charge in [0.25, 0.3) is 5.91 Å². The van der Waals surface area contributed by atoms with Crippen LogP contribution in [0.4, 0.5) is 14.6 Å². The first-order chi connectivity index (χ1) is 16.0. The smallest absolute Gasteiger partial charge is 0.251 e. The molecular weight excluding hydrogens is 426 g/mol. The van der Waals surface area contributed by atoms with Crippen LogP contribution < -0.4 is 10.2 Å². The minimum atomic E-state index is -0.817. The Bertz CT molecular complexity index is 1330. The molecule has 2 aromatic heterocycles. The molecule has 33 heavy (non-hydrogen) atoms. The summed E-state index contributed by atoms with van der Waals surface area (Å²) in [5.41, 5.74) is 3.76. The molecule has 0 unspecified atom stereocenters. The van der Waals surface area contributed by atoms with E-state index in [-0.39, 0.29) is 5.91 Å². The van der Waals surface area contributed by atoms with Gasteiger partial charge in [0.15, 0.2) is 17.5 Å². The van der Waals surface area contributed by atoms with Crippen LogP contribution in [0.1, 0.15) is 15.9 Å². The number of piperazine rings is 1. The number of aromatic nitrogens is 3. The number of benzene rings is 2. The lowest BCUT2D eigenvalue weighted by Gasteiger charge is -2.35. The maximum Gasteiger partial charge on any atom is 0.251 e. The number of fused-ring (bicyclic) bond motifs is 3. The molecule has 2 aromatic carbocycles. The molecule has 0 atom stereocenters. The summed E-state index contributed by atoms with van der Waals surface area (Å²) in [4.78, 5) is 29.3. The number of amides is 1. The van der Waals surface area contributed by atoms with E-state index in [2.05, 4.69) is 30.1 Å². The maximum absolute atomic E-state index is 13.4. The molecule has 4 aromatic rings. The summed E-state index contributed by atoms with van der Waals surface area (Å²) in [5.74, 6) is -0.957. The Kier molecular flexibility index (Phi) is 5.63. The van der Waals surface area contributed by atoms with Crippen LogP contribution in [0.5, 0.6) is 0 Å². The van der Waals surface area contributed by atoms with Crippen LogP contribution in [0.2, 0.25) is 0 Å². The molecular formula is C24H24F2N6O. The van der Waals surface area contributed by atoms with E-state index in [0.717, 1.165) is 66.0 Å². The van der Waals surface area contributed by atoms with E-state index < -0.39 is 11.6 Å². The van der Waals surface area contributed by atoms with Gasteiger partial charge >= 0.3 is 0 Å². The fraction of sp³-hybridized carbons (Fsp3) is 0.292. The van der Waals surface area contributed by atoms with Crippen molar-refractivity contribution in [1.82, 2.24) is 25.2 Å². The molecule has 0 radical (unpaired) electrons. The fourth-order valence-corrected chi connectivity index (χ4v) is 4.46. The first-order valence-electron chi connectivity index (χ1n) is 10.9. The van der Waals surface area contributed by atoms with Crippen LogP contribution in [-0.4, -0.2) is 65.5 Å². The number of hydrogen-bond acceptors (Lipinski definition) is 5. The number of H-pyrrole nitrogens is 1. The van der Waals surface area contributed by atoms with E-state index >= 15 is 0 Å². The average Bonchev–Trinajstić information content (AvgIpc) is 3.23. The molecule has 7 nitrogen and oxygen atoms in total. The molecule has 0 saturated carbocycles. The van der Waals surface area contributed by atoms with Crippen LogP contribution in [0.25, 0.3) is 21.9 Å². The van der Waals surface area contributed by atoms with E-state index in [9.17, 15) is 13.6 Å².